The average molecular weight is 471 g/mol. The van der Waals surface area contributed by atoms with Crippen LogP contribution in [-0.2, 0) is 16.6 Å². The zero-order chi connectivity index (χ0) is 23.7. The number of fused-ring (bicyclic) bond motifs is 1. The second kappa shape index (κ2) is 9.31. The second-order valence-electron chi connectivity index (χ2n) is 8.89. The minimum absolute atomic E-state index is 0.0228. The van der Waals surface area contributed by atoms with Gasteiger partial charge < -0.3 is 5.32 Å². The largest absolute Gasteiger partial charge is 0.382 e. The molecule has 9 heteroatoms. The fraction of sp³-hybridized carbons (Fsp3) is 0.320. The number of allylic oxidation sites excluding steroid dienone is 2. The molecular formula is C25H26BN5O2S. The van der Waals surface area contributed by atoms with Crippen molar-refractivity contribution < 1.29 is 8.42 Å². The summed E-state index contributed by atoms with van der Waals surface area (Å²) in [6.45, 7) is 3.40. The minimum atomic E-state index is -3.57. The fourth-order valence-corrected chi connectivity index (χ4v) is 6.23. The topological polar surface area (TPSA) is 87.0 Å². The van der Waals surface area contributed by atoms with Crippen LogP contribution in [0.3, 0.4) is 0 Å². The SMILES string of the molecule is [B]C1=C2N=C(C3CCCN(S(=O)(=O)c4cccc(C)c4)C3)C=C(NCc3cccnc3)C2N=C1. The lowest BCUT2D eigenvalue weighted by Crippen LogP contribution is -2.43. The first-order valence-electron chi connectivity index (χ1n) is 11.4. The van der Waals surface area contributed by atoms with Crippen molar-refractivity contribution in [2.75, 3.05) is 13.1 Å². The predicted molar refractivity (Wildman–Crippen MR) is 134 cm³/mol. The zero-order valence-electron chi connectivity index (χ0n) is 19.1. The Kier molecular flexibility index (Phi) is 6.23. The number of hydrogen-bond acceptors (Lipinski definition) is 6. The number of rotatable bonds is 6. The van der Waals surface area contributed by atoms with Crippen LogP contribution in [0.4, 0.5) is 0 Å². The number of dihydropyridines is 1. The monoisotopic (exact) mass is 471 g/mol. The van der Waals surface area contributed by atoms with Crippen molar-refractivity contribution in [3.63, 3.8) is 0 Å². The van der Waals surface area contributed by atoms with Gasteiger partial charge in [-0.1, -0.05) is 23.7 Å². The van der Waals surface area contributed by atoms with E-state index in [-0.39, 0.29) is 12.0 Å². The van der Waals surface area contributed by atoms with E-state index >= 15 is 0 Å². The van der Waals surface area contributed by atoms with Gasteiger partial charge in [0, 0.05) is 55.6 Å². The maximum atomic E-state index is 13.3. The molecule has 1 fully saturated rings. The van der Waals surface area contributed by atoms with Crippen LogP contribution in [0.2, 0.25) is 0 Å². The standard InChI is InChI=1S/C25H26BN5O2S/c1-17-5-2-8-20(11-17)34(32,33)31-10-4-7-19(16-31)22-12-23(25-24(30-22)21(26)15-29-25)28-14-18-6-3-9-27-13-18/h2-3,5-6,8-9,11-13,15,19,25,28H,4,7,10,14,16H2,1H3. The van der Waals surface area contributed by atoms with Crippen LogP contribution in [-0.4, -0.2) is 56.6 Å². The van der Waals surface area contributed by atoms with Crippen LogP contribution >= 0.6 is 0 Å². The number of aliphatic imine (C=N–C) groups is 2. The summed E-state index contributed by atoms with van der Waals surface area (Å²) in [5, 5.41) is 3.48. The summed E-state index contributed by atoms with van der Waals surface area (Å²) in [6, 6.07) is 10.7. The van der Waals surface area contributed by atoms with E-state index < -0.39 is 10.0 Å². The first-order valence-corrected chi connectivity index (χ1v) is 12.9. The van der Waals surface area contributed by atoms with Gasteiger partial charge in [0.15, 0.2) is 0 Å². The van der Waals surface area contributed by atoms with E-state index in [4.69, 9.17) is 12.8 Å². The number of sulfonamides is 1. The molecule has 2 unspecified atom stereocenters. The number of hydrogen-bond donors (Lipinski definition) is 1. The summed E-state index contributed by atoms with van der Waals surface area (Å²) in [5.74, 6) is -0.0228. The quantitative estimate of drug-likeness (QED) is 0.657. The number of aryl methyl sites for hydroxylation is 1. The average Bonchev–Trinajstić information content (AvgIpc) is 3.24. The Bertz CT molecular complexity index is 1320. The Morgan fingerprint density at radius 3 is 2.91 bits per heavy atom. The number of nitrogens with one attached hydrogen (secondary N) is 1. The van der Waals surface area contributed by atoms with E-state index in [1.165, 1.54) is 0 Å². The minimum Gasteiger partial charge on any atom is -0.382 e. The van der Waals surface area contributed by atoms with Gasteiger partial charge in [0.25, 0.3) is 0 Å². The van der Waals surface area contributed by atoms with Crippen LogP contribution < -0.4 is 5.32 Å². The van der Waals surface area contributed by atoms with Gasteiger partial charge in [-0.3, -0.25) is 15.0 Å². The summed E-state index contributed by atoms with van der Waals surface area (Å²) in [6.07, 6.45) is 8.88. The predicted octanol–water partition coefficient (Wildman–Crippen LogP) is 2.75. The van der Waals surface area contributed by atoms with E-state index in [0.29, 0.717) is 30.0 Å². The third-order valence-corrected chi connectivity index (χ3v) is 8.28. The molecule has 1 aromatic heterocycles. The molecule has 2 radical (unpaired) electrons. The molecule has 0 spiro atoms. The highest BCUT2D eigenvalue weighted by molar-refractivity contribution is 7.89. The Labute approximate surface area is 201 Å². The van der Waals surface area contributed by atoms with Crippen molar-refractivity contribution in [2.45, 2.75) is 37.2 Å². The number of pyridine rings is 1. The van der Waals surface area contributed by atoms with Gasteiger partial charge in [0.05, 0.1) is 10.6 Å². The molecule has 0 saturated carbocycles. The first kappa shape index (κ1) is 22.7. The van der Waals surface area contributed by atoms with Crippen LogP contribution in [0.1, 0.15) is 24.0 Å². The molecule has 3 aliphatic heterocycles. The number of piperidine rings is 1. The van der Waals surface area contributed by atoms with E-state index in [1.807, 2.05) is 37.4 Å². The third-order valence-electron chi connectivity index (χ3n) is 6.41. The summed E-state index contributed by atoms with van der Waals surface area (Å²) >= 11 is 0. The smallest absolute Gasteiger partial charge is 0.243 e. The number of nitrogens with zero attached hydrogens (tertiary/aromatic N) is 4. The molecule has 7 nitrogen and oxygen atoms in total. The molecule has 0 aliphatic carbocycles. The van der Waals surface area contributed by atoms with E-state index in [1.54, 1.807) is 34.9 Å². The third kappa shape index (κ3) is 4.50. The summed E-state index contributed by atoms with van der Waals surface area (Å²) in [7, 11) is 2.62. The molecule has 2 aromatic rings. The van der Waals surface area contributed by atoms with Gasteiger partial charge in [-0.05, 0) is 55.2 Å². The van der Waals surface area contributed by atoms with Crippen molar-refractivity contribution in [3.8, 4) is 0 Å². The molecule has 172 valence electrons. The lowest BCUT2D eigenvalue weighted by molar-refractivity contribution is 0.312. The molecule has 34 heavy (non-hydrogen) atoms. The summed E-state index contributed by atoms with van der Waals surface area (Å²) in [4.78, 5) is 13.9. The zero-order valence-corrected chi connectivity index (χ0v) is 19.9. The molecule has 1 saturated heterocycles. The van der Waals surface area contributed by atoms with Crippen LogP contribution in [0, 0.1) is 12.8 Å². The van der Waals surface area contributed by atoms with Gasteiger partial charge >= 0.3 is 0 Å². The van der Waals surface area contributed by atoms with Gasteiger partial charge in [0.2, 0.25) is 10.0 Å². The highest BCUT2D eigenvalue weighted by Gasteiger charge is 2.35. The van der Waals surface area contributed by atoms with Crippen molar-refractivity contribution in [3.05, 3.63) is 82.9 Å². The summed E-state index contributed by atoms with van der Waals surface area (Å²) < 4.78 is 28.2. The van der Waals surface area contributed by atoms with Gasteiger partial charge in [-0.2, -0.15) is 4.31 Å². The van der Waals surface area contributed by atoms with Crippen molar-refractivity contribution in [1.29, 1.82) is 0 Å². The first-order chi connectivity index (χ1) is 16.4. The molecule has 1 aromatic carbocycles. The number of aromatic nitrogens is 1. The van der Waals surface area contributed by atoms with Crippen LogP contribution in [0.25, 0.3) is 0 Å². The molecule has 4 heterocycles. The highest BCUT2D eigenvalue weighted by atomic mass is 32.2. The van der Waals surface area contributed by atoms with Crippen LogP contribution in [0.15, 0.2) is 86.6 Å². The Hall–Kier alpha value is -3.04. The summed E-state index contributed by atoms with van der Waals surface area (Å²) in [5.41, 5.74) is 5.02. The maximum Gasteiger partial charge on any atom is 0.243 e. The Morgan fingerprint density at radius 2 is 2.12 bits per heavy atom. The normalized spacial score (nSPS) is 22.9. The Balaban J connectivity index is 1.40. The lowest BCUT2D eigenvalue weighted by atomic mass is 9.88. The molecular weight excluding hydrogens is 445 g/mol. The molecule has 2 atom stereocenters. The Morgan fingerprint density at radius 1 is 1.24 bits per heavy atom. The van der Waals surface area contributed by atoms with E-state index in [0.717, 1.165) is 41.1 Å². The van der Waals surface area contributed by atoms with Gasteiger partial charge in [-0.25, -0.2) is 8.42 Å². The molecule has 0 bridgehead atoms. The van der Waals surface area contributed by atoms with Gasteiger partial charge in [-0.15, -0.1) is 0 Å². The lowest BCUT2D eigenvalue weighted by Gasteiger charge is -2.34. The molecule has 1 N–H and O–H groups in total. The molecule has 0 amide bonds. The molecule has 3 aliphatic rings. The van der Waals surface area contributed by atoms with E-state index in [2.05, 4.69) is 15.3 Å². The van der Waals surface area contributed by atoms with Crippen molar-refractivity contribution in [2.24, 2.45) is 15.9 Å². The highest BCUT2D eigenvalue weighted by Crippen LogP contribution is 2.32. The number of benzene rings is 1. The fourth-order valence-electron chi connectivity index (χ4n) is 4.60. The maximum absolute atomic E-state index is 13.3. The van der Waals surface area contributed by atoms with E-state index in [9.17, 15) is 8.42 Å². The second-order valence-corrected chi connectivity index (χ2v) is 10.8. The van der Waals surface area contributed by atoms with Crippen LogP contribution in [0.5, 0.6) is 0 Å². The van der Waals surface area contributed by atoms with Crippen molar-refractivity contribution >= 4 is 29.8 Å². The molecule has 5 rings (SSSR count). The van der Waals surface area contributed by atoms with Gasteiger partial charge in [0.1, 0.15) is 13.9 Å². The van der Waals surface area contributed by atoms with Crippen molar-refractivity contribution in [1.82, 2.24) is 14.6 Å².